The van der Waals surface area contributed by atoms with Crippen LogP contribution in [0.5, 0.6) is 11.5 Å². The number of nitrogens with zero attached hydrogens (tertiary/aromatic N) is 1. The van der Waals surface area contributed by atoms with Gasteiger partial charge in [0.1, 0.15) is 11.5 Å². The Balaban J connectivity index is 2.49. The third-order valence-corrected chi connectivity index (χ3v) is 3.05. The van der Waals surface area contributed by atoms with Crippen LogP contribution in [0.4, 0.5) is 0 Å². The van der Waals surface area contributed by atoms with Crippen molar-refractivity contribution in [3.63, 3.8) is 0 Å². The number of hydrogen-bond donors (Lipinski definition) is 1. The Morgan fingerprint density at radius 1 is 1.11 bits per heavy atom. The molecule has 0 bridgehead atoms. The molecule has 0 aliphatic carbocycles. The molecule has 0 atom stereocenters. The summed E-state index contributed by atoms with van der Waals surface area (Å²) in [6.45, 7) is 1.88. The molecule has 1 aromatic heterocycles. The molecule has 0 radical (unpaired) electrons. The summed E-state index contributed by atoms with van der Waals surface area (Å²) in [6.07, 6.45) is 0. The summed E-state index contributed by atoms with van der Waals surface area (Å²) in [4.78, 5) is 4.50. The fourth-order valence-corrected chi connectivity index (χ4v) is 1.92. The van der Waals surface area contributed by atoms with Crippen molar-refractivity contribution in [2.24, 2.45) is 0 Å². The second kappa shape index (κ2) is 5.71. The zero-order chi connectivity index (χ0) is 13.8. The molecule has 100 valence electrons. The van der Waals surface area contributed by atoms with Gasteiger partial charge in [-0.05, 0) is 30.7 Å². The molecule has 4 nitrogen and oxygen atoms in total. The summed E-state index contributed by atoms with van der Waals surface area (Å²) in [5.41, 5.74) is 3.36. The molecular weight excluding hydrogens is 242 g/mol. The van der Waals surface area contributed by atoms with Crippen LogP contribution < -0.4 is 9.47 Å². The molecule has 0 fully saturated rings. The fraction of sp³-hybridized carbons (Fsp3) is 0.267. The van der Waals surface area contributed by atoms with E-state index >= 15 is 0 Å². The topological polar surface area (TPSA) is 51.6 Å². The van der Waals surface area contributed by atoms with Crippen LogP contribution >= 0.6 is 0 Å². The van der Waals surface area contributed by atoms with Crippen LogP contribution in [0.15, 0.2) is 30.3 Å². The average Bonchev–Trinajstić information content (AvgIpc) is 2.46. The molecule has 2 rings (SSSR count). The van der Waals surface area contributed by atoms with Gasteiger partial charge < -0.3 is 14.6 Å². The summed E-state index contributed by atoms with van der Waals surface area (Å²) in [6, 6.07) is 9.36. The number of hydrogen-bond acceptors (Lipinski definition) is 4. The average molecular weight is 259 g/mol. The summed E-state index contributed by atoms with van der Waals surface area (Å²) in [5.74, 6) is 1.45. The minimum Gasteiger partial charge on any atom is -0.497 e. The lowest BCUT2D eigenvalue weighted by Crippen LogP contribution is -1.96. The van der Waals surface area contributed by atoms with Gasteiger partial charge in [0.2, 0.25) is 0 Å². The molecule has 0 spiro atoms. The van der Waals surface area contributed by atoms with Crippen LogP contribution in [0, 0.1) is 6.92 Å². The van der Waals surface area contributed by atoms with Gasteiger partial charge in [-0.25, -0.2) is 0 Å². The normalized spacial score (nSPS) is 10.3. The van der Waals surface area contributed by atoms with Gasteiger partial charge in [0.05, 0.1) is 26.5 Å². The molecule has 0 amide bonds. The number of methoxy groups -OCH3 is 2. The SMILES string of the molecule is COc1ccc(-c2ccc(CO)c(C)n2)c(OC)c1. The summed E-state index contributed by atoms with van der Waals surface area (Å²) in [5, 5.41) is 9.17. The highest BCUT2D eigenvalue weighted by molar-refractivity contribution is 5.68. The van der Waals surface area contributed by atoms with E-state index in [9.17, 15) is 0 Å². The van der Waals surface area contributed by atoms with Crippen molar-refractivity contribution in [2.75, 3.05) is 14.2 Å². The molecule has 1 heterocycles. The van der Waals surface area contributed by atoms with Crippen LogP contribution in [0.2, 0.25) is 0 Å². The van der Waals surface area contributed by atoms with Gasteiger partial charge in [-0.15, -0.1) is 0 Å². The van der Waals surface area contributed by atoms with E-state index < -0.39 is 0 Å². The summed E-state index contributed by atoms with van der Waals surface area (Å²) in [7, 11) is 3.24. The van der Waals surface area contributed by atoms with Gasteiger partial charge in [0.15, 0.2) is 0 Å². The minimum atomic E-state index is -0.00113. The summed E-state index contributed by atoms with van der Waals surface area (Å²) < 4.78 is 10.5. The van der Waals surface area contributed by atoms with Crippen molar-refractivity contribution in [1.82, 2.24) is 4.98 Å². The highest BCUT2D eigenvalue weighted by Gasteiger charge is 2.10. The van der Waals surface area contributed by atoms with Crippen molar-refractivity contribution in [2.45, 2.75) is 13.5 Å². The van der Waals surface area contributed by atoms with Crippen molar-refractivity contribution in [3.8, 4) is 22.8 Å². The maximum atomic E-state index is 9.17. The van der Waals surface area contributed by atoms with E-state index in [0.29, 0.717) is 5.75 Å². The molecule has 0 aliphatic heterocycles. The van der Waals surface area contributed by atoms with E-state index in [2.05, 4.69) is 4.98 Å². The first-order chi connectivity index (χ1) is 9.19. The number of aryl methyl sites for hydroxylation is 1. The smallest absolute Gasteiger partial charge is 0.131 e. The number of benzene rings is 1. The van der Waals surface area contributed by atoms with Gasteiger partial charge in [0.25, 0.3) is 0 Å². The van der Waals surface area contributed by atoms with Crippen molar-refractivity contribution >= 4 is 0 Å². The molecule has 4 heteroatoms. The lowest BCUT2D eigenvalue weighted by atomic mass is 10.1. The Kier molecular flexibility index (Phi) is 4.02. The molecule has 1 N–H and O–H groups in total. The van der Waals surface area contributed by atoms with E-state index in [1.165, 1.54) is 0 Å². The first kappa shape index (κ1) is 13.4. The second-order valence-electron chi connectivity index (χ2n) is 4.17. The Labute approximate surface area is 112 Å². The second-order valence-corrected chi connectivity index (χ2v) is 4.17. The van der Waals surface area contributed by atoms with E-state index in [1.54, 1.807) is 14.2 Å². The predicted octanol–water partition coefficient (Wildman–Crippen LogP) is 2.57. The molecular formula is C15H17NO3. The van der Waals surface area contributed by atoms with E-state index in [-0.39, 0.29) is 6.61 Å². The lowest BCUT2D eigenvalue weighted by Gasteiger charge is -2.11. The van der Waals surface area contributed by atoms with Crippen molar-refractivity contribution in [3.05, 3.63) is 41.6 Å². The maximum absolute atomic E-state index is 9.17. The first-order valence-electron chi connectivity index (χ1n) is 5.99. The van der Waals surface area contributed by atoms with E-state index in [0.717, 1.165) is 28.3 Å². The molecule has 1 aromatic carbocycles. The molecule has 0 aliphatic rings. The Morgan fingerprint density at radius 2 is 1.89 bits per heavy atom. The molecule has 0 saturated carbocycles. The van der Waals surface area contributed by atoms with Crippen LogP contribution in [-0.4, -0.2) is 24.3 Å². The van der Waals surface area contributed by atoms with Gasteiger partial charge in [-0.3, -0.25) is 4.98 Å². The third-order valence-electron chi connectivity index (χ3n) is 3.05. The predicted molar refractivity (Wildman–Crippen MR) is 73.4 cm³/mol. The quantitative estimate of drug-likeness (QED) is 0.916. The zero-order valence-electron chi connectivity index (χ0n) is 11.3. The number of aromatic nitrogens is 1. The third kappa shape index (κ3) is 2.69. The van der Waals surface area contributed by atoms with Gasteiger partial charge >= 0.3 is 0 Å². The number of pyridine rings is 1. The standard InChI is InChI=1S/C15H17NO3/c1-10-11(9-17)4-7-14(16-10)13-6-5-12(18-2)8-15(13)19-3/h4-8,17H,9H2,1-3H3. The van der Waals surface area contributed by atoms with E-state index in [4.69, 9.17) is 14.6 Å². The number of aliphatic hydroxyl groups is 1. The number of ether oxygens (including phenoxy) is 2. The van der Waals surface area contributed by atoms with Crippen LogP contribution in [0.25, 0.3) is 11.3 Å². The fourth-order valence-electron chi connectivity index (χ4n) is 1.92. The Hall–Kier alpha value is -2.07. The Bertz CT molecular complexity index is 582. The highest BCUT2D eigenvalue weighted by Crippen LogP contribution is 2.32. The van der Waals surface area contributed by atoms with E-state index in [1.807, 2.05) is 37.3 Å². The molecule has 0 saturated heterocycles. The van der Waals surface area contributed by atoms with Crippen molar-refractivity contribution < 1.29 is 14.6 Å². The van der Waals surface area contributed by atoms with Gasteiger partial charge in [-0.1, -0.05) is 6.07 Å². The molecule has 19 heavy (non-hydrogen) atoms. The van der Waals surface area contributed by atoms with Gasteiger partial charge in [-0.2, -0.15) is 0 Å². The zero-order valence-corrected chi connectivity index (χ0v) is 11.3. The van der Waals surface area contributed by atoms with Crippen LogP contribution in [0.1, 0.15) is 11.3 Å². The van der Waals surface area contributed by atoms with Gasteiger partial charge in [0, 0.05) is 17.3 Å². The summed E-state index contributed by atoms with van der Waals surface area (Å²) >= 11 is 0. The monoisotopic (exact) mass is 259 g/mol. The number of aliphatic hydroxyl groups excluding tert-OH is 1. The Morgan fingerprint density at radius 3 is 2.47 bits per heavy atom. The largest absolute Gasteiger partial charge is 0.497 e. The van der Waals surface area contributed by atoms with Crippen molar-refractivity contribution in [1.29, 1.82) is 0 Å². The first-order valence-corrected chi connectivity index (χ1v) is 5.99. The lowest BCUT2D eigenvalue weighted by molar-refractivity contribution is 0.280. The number of rotatable bonds is 4. The minimum absolute atomic E-state index is 0.00113. The highest BCUT2D eigenvalue weighted by atomic mass is 16.5. The molecule has 2 aromatic rings. The van der Waals surface area contributed by atoms with Crippen LogP contribution in [-0.2, 0) is 6.61 Å². The van der Waals surface area contributed by atoms with Crippen LogP contribution in [0.3, 0.4) is 0 Å². The molecule has 0 unspecified atom stereocenters. The maximum Gasteiger partial charge on any atom is 0.131 e.